The van der Waals surface area contributed by atoms with Crippen molar-refractivity contribution in [1.29, 1.82) is 0 Å². The van der Waals surface area contributed by atoms with Crippen LogP contribution in [0, 0.1) is 23.7 Å². The van der Waals surface area contributed by atoms with Crippen LogP contribution in [0.4, 0.5) is 0 Å². The Labute approximate surface area is 135 Å². The van der Waals surface area contributed by atoms with Crippen LogP contribution in [-0.2, 0) is 0 Å². The highest BCUT2D eigenvalue weighted by atomic mass is 79.9. The molecule has 2 fully saturated rings. The lowest BCUT2D eigenvalue weighted by Crippen LogP contribution is -2.47. The van der Waals surface area contributed by atoms with Crippen LogP contribution in [-0.4, -0.2) is 11.9 Å². The summed E-state index contributed by atoms with van der Waals surface area (Å²) in [5, 5.41) is 3.33. The summed E-state index contributed by atoms with van der Waals surface area (Å²) >= 11 is 3.46. The van der Waals surface area contributed by atoms with Gasteiger partial charge < -0.3 is 5.32 Å². The minimum absolute atomic E-state index is 0.0726. The second kappa shape index (κ2) is 4.84. The van der Waals surface area contributed by atoms with Crippen LogP contribution in [0.25, 0.3) is 0 Å². The SMILES string of the molecule is Cc1ccc(Br)cc1C(=O)NC1CC2CCC1(C)C2(C)C. The Kier molecular flexibility index (Phi) is 3.47. The van der Waals surface area contributed by atoms with E-state index < -0.39 is 0 Å². The van der Waals surface area contributed by atoms with Crippen molar-refractivity contribution in [2.45, 2.75) is 53.0 Å². The lowest BCUT2D eigenvalue weighted by atomic mass is 9.69. The molecular weight excluding hydrogens is 326 g/mol. The predicted octanol–water partition coefficient (Wildman–Crippen LogP) is 4.70. The molecule has 0 heterocycles. The fourth-order valence-corrected chi connectivity index (χ4v) is 4.86. The smallest absolute Gasteiger partial charge is 0.251 e. The van der Waals surface area contributed by atoms with Crippen molar-refractivity contribution in [3.8, 4) is 0 Å². The minimum Gasteiger partial charge on any atom is -0.349 e. The summed E-state index contributed by atoms with van der Waals surface area (Å²) in [6, 6.07) is 6.20. The lowest BCUT2D eigenvalue weighted by Gasteiger charge is -2.39. The molecule has 1 aromatic rings. The number of amides is 1. The third-order valence-corrected chi connectivity index (χ3v) is 7.04. The van der Waals surface area contributed by atoms with Gasteiger partial charge in [0.25, 0.3) is 5.91 Å². The molecule has 114 valence electrons. The molecule has 2 aliphatic rings. The van der Waals surface area contributed by atoms with Gasteiger partial charge in [-0.05, 0) is 60.6 Å². The topological polar surface area (TPSA) is 29.1 Å². The van der Waals surface area contributed by atoms with E-state index in [0.29, 0.717) is 11.5 Å². The highest BCUT2D eigenvalue weighted by molar-refractivity contribution is 9.10. The molecule has 1 aromatic carbocycles. The number of hydrogen-bond acceptors (Lipinski definition) is 1. The number of rotatable bonds is 2. The zero-order valence-corrected chi connectivity index (χ0v) is 14.9. The molecule has 3 atom stereocenters. The molecule has 0 aliphatic heterocycles. The van der Waals surface area contributed by atoms with E-state index in [1.807, 2.05) is 25.1 Å². The van der Waals surface area contributed by atoms with Crippen LogP contribution < -0.4 is 5.32 Å². The standard InChI is InChI=1S/C18H24BrNO/c1-11-5-6-13(19)10-14(11)16(21)20-15-9-12-7-8-18(15,4)17(12,2)3/h5-6,10,12,15H,7-9H2,1-4H3,(H,20,21). The van der Waals surface area contributed by atoms with Gasteiger partial charge in [0.2, 0.25) is 0 Å². The molecule has 0 radical (unpaired) electrons. The third kappa shape index (κ3) is 2.16. The first-order chi connectivity index (χ1) is 9.75. The van der Waals surface area contributed by atoms with E-state index in [0.717, 1.165) is 27.9 Å². The highest BCUT2D eigenvalue weighted by Crippen LogP contribution is 2.65. The summed E-state index contributed by atoms with van der Waals surface area (Å²) in [6.45, 7) is 9.11. The molecule has 2 aliphatic carbocycles. The Morgan fingerprint density at radius 1 is 1.33 bits per heavy atom. The van der Waals surface area contributed by atoms with Crippen molar-refractivity contribution in [1.82, 2.24) is 5.32 Å². The summed E-state index contributed by atoms with van der Waals surface area (Å²) in [5.74, 6) is 0.819. The van der Waals surface area contributed by atoms with E-state index >= 15 is 0 Å². The maximum atomic E-state index is 12.7. The van der Waals surface area contributed by atoms with Crippen molar-refractivity contribution < 1.29 is 4.79 Å². The van der Waals surface area contributed by atoms with Crippen LogP contribution in [0.2, 0.25) is 0 Å². The van der Waals surface area contributed by atoms with Gasteiger partial charge in [0, 0.05) is 16.1 Å². The van der Waals surface area contributed by atoms with Gasteiger partial charge in [-0.25, -0.2) is 0 Å². The maximum absolute atomic E-state index is 12.7. The average Bonchev–Trinajstić information content (AvgIpc) is 2.74. The summed E-state index contributed by atoms with van der Waals surface area (Å²) in [7, 11) is 0. The van der Waals surface area contributed by atoms with Crippen molar-refractivity contribution in [3.63, 3.8) is 0 Å². The zero-order chi connectivity index (χ0) is 15.4. The van der Waals surface area contributed by atoms with Crippen LogP contribution in [0.5, 0.6) is 0 Å². The second-order valence-corrected chi connectivity index (χ2v) is 8.51. The van der Waals surface area contributed by atoms with Crippen LogP contribution in [0.3, 0.4) is 0 Å². The third-order valence-electron chi connectivity index (χ3n) is 6.54. The number of carbonyl (C=O) groups is 1. The molecule has 0 aromatic heterocycles. The number of hydrogen-bond donors (Lipinski definition) is 1. The number of carbonyl (C=O) groups excluding carboxylic acids is 1. The second-order valence-electron chi connectivity index (χ2n) is 7.60. The number of fused-ring (bicyclic) bond motifs is 2. The summed E-state index contributed by atoms with van der Waals surface area (Å²) in [4.78, 5) is 12.7. The first-order valence-electron chi connectivity index (χ1n) is 7.83. The van der Waals surface area contributed by atoms with Crippen molar-refractivity contribution >= 4 is 21.8 Å². The van der Waals surface area contributed by atoms with Gasteiger partial charge in [0.05, 0.1) is 0 Å². The zero-order valence-electron chi connectivity index (χ0n) is 13.3. The maximum Gasteiger partial charge on any atom is 0.251 e. The molecule has 3 rings (SSSR count). The Bertz CT molecular complexity index is 595. The molecule has 2 saturated carbocycles. The van der Waals surface area contributed by atoms with E-state index in [4.69, 9.17) is 0 Å². The Balaban J connectivity index is 1.82. The van der Waals surface area contributed by atoms with Gasteiger partial charge in [0.15, 0.2) is 0 Å². The Morgan fingerprint density at radius 2 is 2.05 bits per heavy atom. The first kappa shape index (κ1) is 15.1. The van der Waals surface area contributed by atoms with Crippen LogP contribution in [0.15, 0.2) is 22.7 Å². The molecule has 3 heteroatoms. The van der Waals surface area contributed by atoms with E-state index in [2.05, 4.69) is 42.0 Å². The van der Waals surface area contributed by atoms with Crippen LogP contribution in [0.1, 0.15) is 56.0 Å². The average molecular weight is 350 g/mol. The molecular formula is C18H24BrNO. The summed E-state index contributed by atoms with van der Waals surface area (Å²) in [5.41, 5.74) is 2.38. The number of halogens is 1. The monoisotopic (exact) mass is 349 g/mol. The number of nitrogens with one attached hydrogen (secondary N) is 1. The van der Waals surface area contributed by atoms with Crippen LogP contribution >= 0.6 is 15.9 Å². The molecule has 2 bridgehead atoms. The normalized spacial score (nSPS) is 33.2. The van der Waals surface area contributed by atoms with Gasteiger partial charge in [-0.15, -0.1) is 0 Å². The first-order valence-corrected chi connectivity index (χ1v) is 8.62. The minimum atomic E-state index is 0.0726. The molecule has 2 nitrogen and oxygen atoms in total. The van der Waals surface area contributed by atoms with Crippen molar-refractivity contribution in [2.24, 2.45) is 16.7 Å². The van der Waals surface area contributed by atoms with Gasteiger partial charge in [-0.3, -0.25) is 4.79 Å². The predicted molar refractivity (Wildman–Crippen MR) is 89.4 cm³/mol. The molecule has 3 unspecified atom stereocenters. The van der Waals surface area contributed by atoms with Gasteiger partial charge in [-0.2, -0.15) is 0 Å². The fourth-order valence-electron chi connectivity index (χ4n) is 4.50. The Hall–Kier alpha value is -0.830. The largest absolute Gasteiger partial charge is 0.349 e. The summed E-state index contributed by atoms with van der Waals surface area (Å²) < 4.78 is 0.956. The van der Waals surface area contributed by atoms with E-state index in [-0.39, 0.29) is 11.3 Å². The highest BCUT2D eigenvalue weighted by Gasteiger charge is 2.61. The quantitative estimate of drug-likeness (QED) is 0.823. The van der Waals surface area contributed by atoms with Crippen molar-refractivity contribution in [3.05, 3.63) is 33.8 Å². The van der Waals surface area contributed by atoms with E-state index in [1.54, 1.807) is 0 Å². The molecule has 21 heavy (non-hydrogen) atoms. The van der Waals surface area contributed by atoms with E-state index in [1.165, 1.54) is 12.8 Å². The molecule has 1 amide bonds. The molecule has 0 spiro atoms. The van der Waals surface area contributed by atoms with Gasteiger partial charge >= 0.3 is 0 Å². The number of benzene rings is 1. The molecule has 1 N–H and O–H groups in total. The summed E-state index contributed by atoms with van der Waals surface area (Å²) in [6.07, 6.45) is 3.67. The fraction of sp³-hybridized carbons (Fsp3) is 0.611. The Morgan fingerprint density at radius 3 is 2.62 bits per heavy atom. The molecule has 0 saturated heterocycles. The van der Waals surface area contributed by atoms with E-state index in [9.17, 15) is 4.79 Å². The van der Waals surface area contributed by atoms with Gasteiger partial charge in [-0.1, -0.05) is 42.8 Å². The van der Waals surface area contributed by atoms with Crippen molar-refractivity contribution in [2.75, 3.05) is 0 Å². The number of aryl methyl sites for hydroxylation is 1. The lowest BCUT2D eigenvalue weighted by molar-refractivity contribution is 0.0825. The van der Waals surface area contributed by atoms with Gasteiger partial charge in [0.1, 0.15) is 0 Å².